The molecule has 1 saturated heterocycles. The molecule has 3 rings (SSSR count). The lowest BCUT2D eigenvalue weighted by Gasteiger charge is -2.45. The first kappa shape index (κ1) is 22.5. The second-order valence-corrected chi connectivity index (χ2v) is 7.61. The van der Waals surface area contributed by atoms with Crippen molar-refractivity contribution in [3.8, 4) is 6.07 Å². The fourth-order valence-corrected chi connectivity index (χ4v) is 3.82. The summed E-state index contributed by atoms with van der Waals surface area (Å²) in [5.41, 5.74) is 2.20. The van der Waals surface area contributed by atoms with Gasteiger partial charge in [0.1, 0.15) is 6.10 Å². The molecule has 160 valence electrons. The van der Waals surface area contributed by atoms with Gasteiger partial charge in [0.05, 0.1) is 44.5 Å². The van der Waals surface area contributed by atoms with Crippen molar-refractivity contribution >= 4 is 0 Å². The van der Waals surface area contributed by atoms with E-state index in [0.717, 1.165) is 17.5 Å². The molecular formula is C25H31NO4. The van der Waals surface area contributed by atoms with Gasteiger partial charge >= 0.3 is 0 Å². The van der Waals surface area contributed by atoms with E-state index in [0.29, 0.717) is 26.2 Å². The number of nitrogens with zero attached hydrogens (tertiary/aromatic N) is 1. The molecule has 1 heterocycles. The van der Waals surface area contributed by atoms with Gasteiger partial charge in [0.2, 0.25) is 0 Å². The van der Waals surface area contributed by atoms with Gasteiger partial charge in [-0.25, -0.2) is 0 Å². The molecule has 0 saturated carbocycles. The molecular weight excluding hydrogens is 378 g/mol. The van der Waals surface area contributed by atoms with Crippen LogP contribution in [0.25, 0.3) is 0 Å². The van der Waals surface area contributed by atoms with Gasteiger partial charge in [-0.3, -0.25) is 0 Å². The molecule has 30 heavy (non-hydrogen) atoms. The van der Waals surface area contributed by atoms with E-state index in [1.54, 1.807) is 0 Å². The zero-order chi connectivity index (χ0) is 21.2. The molecule has 0 aliphatic carbocycles. The smallest absolute Gasteiger partial charge is 0.186 e. The molecule has 5 heteroatoms. The quantitative estimate of drug-likeness (QED) is 0.525. The lowest BCUT2D eigenvalue weighted by molar-refractivity contribution is -0.303. The fraction of sp³-hybridized carbons (Fsp3) is 0.480. The number of benzene rings is 2. The maximum absolute atomic E-state index is 8.89. The Bertz CT molecular complexity index is 777. The summed E-state index contributed by atoms with van der Waals surface area (Å²) >= 11 is 0. The summed E-state index contributed by atoms with van der Waals surface area (Å²) in [5, 5.41) is 8.89. The molecule has 0 aromatic heterocycles. The molecule has 0 radical (unpaired) electrons. The van der Waals surface area contributed by atoms with Crippen molar-refractivity contribution in [2.75, 3.05) is 6.61 Å². The van der Waals surface area contributed by atoms with Crippen molar-refractivity contribution in [3.63, 3.8) is 0 Å². The molecule has 0 spiro atoms. The van der Waals surface area contributed by atoms with Gasteiger partial charge in [-0.15, -0.1) is 0 Å². The van der Waals surface area contributed by atoms with Gasteiger partial charge in [0.25, 0.3) is 0 Å². The number of rotatable bonds is 10. The van der Waals surface area contributed by atoms with Crippen LogP contribution in [0.4, 0.5) is 0 Å². The summed E-state index contributed by atoms with van der Waals surface area (Å²) in [5.74, 6) is 0.148. The average molecular weight is 410 g/mol. The second-order valence-electron chi connectivity index (χ2n) is 7.61. The zero-order valence-corrected chi connectivity index (χ0v) is 17.8. The van der Waals surface area contributed by atoms with Crippen LogP contribution in [-0.2, 0) is 32.2 Å². The maximum Gasteiger partial charge on any atom is 0.186 e. The predicted octanol–water partition coefficient (Wildman–Crippen LogP) is 4.86. The van der Waals surface area contributed by atoms with Gasteiger partial charge in [-0.1, -0.05) is 74.5 Å². The Labute approximate surface area is 179 Å². The second kappa shape index (κ2) is 11.8. The topological polar surface area (TPSA) is 60.7 Å². The third-order valence-electron chi connectivity index (χ3n) is 5.47. The van der Waals surface area contributed by atoms with Crippen molar-refractivity contribution < 1.29 is 18.9 Å². The van der Waals surface area contributed by atoms with Crippen LogP contribution in [0.15, 0.2) is 60.7 Å². The Morgan fingerprint density at radius 1 is 0.867 bits per heavy atom. The first-order valence-corrected chi connectivity index (χ1v) is 10.7. The van der Waals surface area contributed by atoms with E-state index in [4.69, 9.17) is 24.2 Å². The van der Waals surface area contributed by atoms with Gasteiger partial charge in [-0.2, -0.15) is 5.26 Å². The van der Waals surface area contributed by atoms with E-state index in [-0.39, 0.29) is 24.2 Å². The zero-order valence-electron chi connectivity index (χ0n) is 17.8. The highest BCUT2D eigenvalue weighted by Crippen LogP contribution is 2.33. The summed E-state index contributed by atoms with van der Waals surface area (Å²) < 4.78 is 24.9. The molecule has 2 aromatic carbocycles. The molecule has 2 aromatic rings. The maximum atomic E-state index is 8.89. The summed E-state index contributed by atoms with van der Waals surface area (Å²) in [6.07, 6.45) is 0.0479. The van der Waals surface area contributed by atoms with Crippen molar-refractivity contribution in [3.05, 3.63) is 71.8 Å². The van der Waals surface area contributed by atoms with Crippen LogP contribution in [0.5, 0.6) is 0 Å². The standard InChI is InChI=1S/C25H31NO4/c1-3-22-19(2)23(28-17-20-11-6-4-7-12-20)24(25(30-22)27-16-10-15-26)29-18-21-13-8-5-9-14-21/h4-9,11-14,19,22-25H,3,10,16-18H2,1-2H3/t19-,22-,23+,24-,25?/m1/s1. The highest BCUT2D eigenvalue weighted by molar-refractivity contribution is 5.14. The largest absolute Gasteiger partial charge is 0.370 e. The Morgan fingerprint density at radius 2 is 1.43 bits per heavy atom. The van der Waals surface area contributed by atoms with Crippen LogP contribution in [0.1, 0.15) is 37.8 Å². The van der Waals surface area contributed by atoms with Crippen molar-refractivity contribution in [1.29, 1.82) is 5.26 Å². The minimum Gasteiger partial charge on any atom is -0.370 e. The Hall–Kier alpha value is -2.23. The summed E-state index contributed by atoms with van der Waals surface area (Å²) in [7, 11) is 0. The molecule has 5 nitrogen and oxygen atoms in total. The van der Waals surface area contributed by atoms with Crippen LogP contribution in [-0.4, -0.2) is 31.2 Å². The highest BCUT2D eigenvalue weighted by atomic mass is 16.7. The SMILES string of the molecule is CC[C@H]1OC(OCCC#N)[C@H](OCc2ccccc2)[C@@H](OCc2ccccc2)[C@@H]1C. The first-order chi connectivity index (χ1) is 14.7. The van der Waals surface area contributed by atoms with Gasteiger partial charge in [-0.05, 0) is 17.5 Å². The molecule has 1 aliphatic rings. The van der Waals surface area contributed by atoms with Gasteiger partial charge < -0.3 is 18.9 Å². The average Bonchev–Trinajstić information content (AvgIpc) is 2.79. The van der Waals surface area contributed by atoms with E-state index in [2.05, 4.69) is 32.0 Å². The number of ether oxygens (including phenoxy) is 4. The highest BCUT2D eigenvalue weighted by Gasteiger charge is 2.45. The number of nitriles is 1. The third kappa shape index (κ3) is 6.13. The number of hydrogen-bond acceptors (Lipinski definition) is 5. The fourth-order valence-electron chi connectivity index (χ4n) is 3.82. The summed E-state index contributed by atoms with van der Waals surface area (Å²) in [6, 6.07) is 22.3. The Kier molecular flexibility index (Phi) is 8.85. The summed E-state index contributed by atoms with van der Waals surface area (Å²) in [6.45, 7) is 5.51. The Morgan fingerprint density at radius 3 is 1.97 bits per heavy atom. The van der Waals surface area contributed by atoms with E-state index >= 15 is 0 Å². The molecule has 0 amide bonds. The van der Waals surface area contributed by atoms with Crippen molar-refractivity contribution in [2.45, 2.75) is 64.5 Å². The number of hydrogen-bond donors (Lipinski definition) is 0. The van der Waals surface area contributed by atoms with Crippen molar-refractivity contribution in [2.24, 2.45) is 5.92 Å². The molecule has 0 N–H and O–H groups in total. The minimum atomic E-state index is -0.566. The minimum absolute atomic E-state index is 0.00874. The molecule has 1 aliphatic heterocycles. The third-order valence-corrected chi connectivity index (χ3v) is 5.47. The van der Waals surface area contributed by atoms with Crippen LogP contribution < -0.4 is 0 Å². The van der Waals surface area contributed by atoms with E-state index in [1.165, 1.54) is 0 Å². The van der Waals surface area contributed by atoms with E-state index < -0.39 is 6.29 Å². The predicted molar refractivity (Wildman–Crippen MR) is 114 cm³/mol. The summed E-state index contributed by atoms with van der Waals surface area (Å²) in [4.78, 5) is 0. The van der Waals surface area contributed by atoms with Crippen LogP contribution in [0, 0.1) is 17.2 Å². The lowest BCUT2D eigenvalue weighted by Crippen LogP contribution is -2.56. The Balaban J connectivity index is 1.76. The molecule has 5 atom stereocenters. The molecule has 1 unspecified atom stereocenters. The van der Waals surface area contributed by atoms with Crippen LogP contribution in [0.2, 0.25) is 0 Å². The van der Waals surface area contributed by atoms with E-state index in [9.17, 15) is 0 Å². The van der Waals surface area contributed by atoms with E-state index in [1.807, 2.05) is 48.5 Å². The van der Waals surface area contributed by atoms with Crippen LogP contribution >= 0.6 is 0 Å². The molecule has 1 fully saturated rings. The first-order valence-electron chi connectivity index (χ1n) is 10.7. The lowest BCUT2D eigenvalue weighted by atomic mass is 9.89. The van der Waals surface area contributed by atoms with Crippen molar-refractivity contribution in [1.82, 2.24) is 0 Å². The van der Waals surface area contributed by atoms with Crippen LogP contribution in [0.3, 0.4) is 0 Å². The monoisotopic (exact) mass is 409 g/mol. The van der Waals surface area contributed by atoms with Gasteiger partial charge in [0, 0.05) is 5.92 Å². The van der Waals surface area contributed by atoms with Gasteiger partial charge in [0.15, 0.2) is 6.29 Å². The molecule has 0 bridgehead atoms. The normalized spacial score (nSPS) is 26.2.